The summed E-state index contributed by atoms with van der Waals surface area (Å²) in [6, 6.07) is 9.36. The molecule has 0 spiro atoms. The molecule has 33 heavy (non-hydrogen) atoms. The fraction of sp³-hybridized carbons (Fsp3) is 0.208. The number of anilines is 1. The fourth-order valence-electron chi connectivity index (χ4n) is 3.95. The SMILES string of the molecule is CNC(=O)c1c(F)cnc2c(CCNc3cc(-c4cnc5c(c4)COC5)ncn3)cccc12. The normalized spacial score (nSPS) is 12.5. The summed E-state index contributed by atoms with van der Waals surface area (Å²) in [7, 11) is 1.48. The quantitative estimate of drug-likeness (QED) is 0.471. The van der Waals surface area contributed by atoms with Gasteiger partial charge in [0.25, 0.3) is 5.91 Å². The van der Waals surface area contributed by atoms with Gasteiger partial charge in [-0.1, -0.05) is 18.2 Å². The molecule has 1 aromatic carbocycles. The predicted octanol–water partition coefficient (Wildman–Crippen LogP) is 3.27. The van der Waals surface area contributed by atoms with Gasteiger partial charge in [-0.2, -0.15) is 0 Å². The molecule has 8 nitrogen and oxygen atoms in total. The van der Waals surface area contributed by atoms with Crippen LogP contribution in [0.15, 0.2) is 49.1 Å². The minimum Gasteiger partial charge on any atom is -0.370 e. The van der Waals surface area contributed by atoms with E-state index in [1.54, 1.807) is 18.3 Å². The highest BCUT2D eigenvalue weighted by atomic mass is 19.1. The second-order valence-electron chi connectivity index (χ2n) is 7.66. The first-order valence-electron chi connectivity index (χ1n) is 10.5. The van der Waals surface area contributed by atoms with E-state index in [4.69, 9.17) is 4.74 Å². The van der Waals surface area contributed by atoms with Crippen LogP contribution in [0.5, 0.6) is 0 Å². The molecule has 0 saturated heterocycles. The Balaban J connectivity index is 1.33. The summed E-state index contributed by atoms with van der Waals surface area (Å²) < 4.78 is 19.7. The van der Waals surface area contributed by atoms with E-state index in [1.165, 1.54) is 13.4 Å². The van der Waals surface area contributed by atoms with Crippen molar-refractivity contribution in [1.82, 2.24) is 25.3 Å². The molecular formula is C24H21FN6O2. The molecule has 4 aromatic rings. The van der Waals surface area contributed by atoms with Crippen LogP contribution in [-0.4, -0.2) is 39.4 Å². The zero-order valence-corrected chi connectivity index (χ0v) is 17.9. The molecule has 0 bridgehead atoms. The Morgan fingerprint density at radius 1 is 1.12 bits per heavy atom. The Labute approximate surface area is 189 Å². The molecule has 2 N–H and O–H groups in total. The summed E-state index contributed by atoms with van der Waals surface area (Å²) in [5.41, 5.74) is 5.24. The molecule has 0 fully saturated rings. The number of aromatic nitrogens is 4. The van der Waals surface area contributed by atoms with Gasteiger partial charge >= 0.3 is 0 Å². The third kappa shape index (κ3) is 4.10. The van der Waals surface area contributed by atoms with Gasteiger partial charge in [-0.25, -0.2) is 14.4 Å². The standard InChI is InChI=1S/C24H21FN6O2/c1-26-24(32)22-17-4-2-3-14(23(17)29-10-18(22)25)5-6-27-21-8-19(30-13-31-21)15-7-16-11-33-12-20(16)28-9-15/h2-4,7-10,13H,5-6,11-12H2,1H3,(H,26,32)(H,27,30,31). The molecule has 1 aliphatic heterocycles. The van der Waals surface area contributed by atoms with Gasteiger partial charge in [0.05, 0.1) is 41.9 Å². The third-order valence-corrected chi connectivity index (χ3v) is 5.61. The monoisotopic (exact) mass is 444 g/mol. The Morgan fingerprint density at radius 3 is 2.91 bits per heavy atom. The van der Waals surface area contributed by atoms with Gasteiger partial charge in [-0.3, -0.25) is 14.8 Å². The molecule has 0 saturated carbocycles. The van der Waals surface area contributed by atoms with Crippen LogP contribution in [0.1, 0.15) is 27.2 Å². The topological polar surface area (TPSA) is 102 Å². The molecule has 9 heteroatoms. The van der Waals surface area contributed by atoms with Crippen LogP contribution >= 0.6 is 0 Å². The number of nitrogens with one attached hydrogen (secondary N) is 2. The number of para-hydroxylation sites is 1. The van der Waals surface area contributed by atoms with E-state index in [0.717, 1.165) is 34.3 Å². The largest absolute Gasteiger partial charge is 0.370 e. The average Bonchev–Trinajstić information content (AvgIpc) is 3.32. The van der Waals surface area contributed by atoms with E-state index in [0.29, 0.717) is 42.9 Å². The molecule has 3 aromatic heterocycles. The number of carbonyl (C=O) groups is 1. The van der Waals surface area contributed by atoms with Crippen molar-refractivity contribution in [3.8, 4) is 11.3 Å². The summed E-state index contributed by atoms with van der Waals surface area (Å²) in [5.74, 6) is -0.434. The van der Waals surface area contributed by atoms with Crippen molar-refractivity contribution in [2.24, 2.45) is 0 Å². The van der Waals surface area contributed by atoms with Gasteiger partial charge < -0.3 is 15.4 Å². The van der Waals surface area contributed by atoms with Crippen LogP contribution in [0.2, 0.25) is 0 Å². The zero-order chi connectivity index (χ0) is 22.8. The second-order valence-corrected chi connectivity index (χ2v) is 7.66. The van der Waals surface area contributed by atoms with E-state index in [2.05, 4.69) is 30.6 Å². The van der Waals surface area contributed by atoms with Crippen molar-refractivity contribution in [3.05, 3.63) is 77.3 Å². The summed E-state index contributed by atoms with van der Waals surface area (Å²) in [6.45, 7) is 1.68. The second kappa shape index (κ2) is 8.87. The number of rotatable bonds is 6. The first-order chi connectivity index (χ1) is 16.1. The minimum absolute atomic E-state index is 0.00565. The van der Waals surface area contributed by atoms with Crippen LogP contribution in [0.25, 0.3) is 22.2 Å². The van der Waals surface area contributed by atoms with Gasteiger partial charge in [0, 0.05) is 42.4 Å². The van der Waals surface area contributed by atoms with Crippen molar-refractivity contribution in [3.63, 3.8) is 0 Å². The van der Waals surface area contributed by atoms with Crippen molar-refractivity contribution in [1.29, 1.82) is 0 Å². The van der Waals surface area contributed by atoms with Crippen LogP contribution in [0.4, 0.5) is 10.2 Å². The highest BCUT2D eigenvalue weighted by molar-refractivity contribution is 6.06. The molecule has 0 radical (unpaired) electrons. The number of hydrogen-bond acceptors (Lipinski definition) is 7. The lowest BCUT2D eigenvalue weighted by molar-refractivity contribution is 0.0960. The Hall–Kier alpha value is -3.98. The van der Waals surface area contributed by atoms with Crippen LogP contribution in [0, 0.1) is 5.82 Å². The first-order valence-corrected chi connectivity index (χ1v) is 10.5. The Bertz CT molecular complexity index is 1360. The molecule has 1 aliphatic rings. The number of hydrogen-bond donors (Lipinski definition) is 2. The Kier molecular flexibility index (Phi) is 5.62. The van der Waals surface area contributed by atoms with Crippen LogP contribution in [-0.2, 0) is 24.4 Å². The number of pyridine rings is 2. The maximum Gasteiger partial charge on any atom is 0.254 e. The maximum atomic E-state index is 14.3. The highest BCUT2D eigenvalue weighted by Crippen LogP contribution is 2.25. The lowest BCUT2D eigenvalue weighted by Gasteiger charge is -2.11. The predicted molar refractivity (Wildman–Crippen MR) is 121 cm³/mol. The minimum atomic E-state index is -0.641. The van der Waals surface area contributed by atoms with Gasteiger partial charge in [0.15, 0.2) is 5.82 Å². The van der Waals surface area contributed by atoms with Crippen LogP contribution < -0.4 is 10.6 Å². The number of carbonyl (C=O) groups excluding carboxylic acids is 1. The number of benzene rings is 1. The average molecular weight is 444 g/mol. The lowest BCUT2D eigenvalue weighted by Crippen LogP contribution is -2.20. The van der Waals surface area contributed by atoms with Gasteiger partial charge in [0.1, 0.15) is 12.1 Å². The summed E-state index contributed by atoms with van der Waals surface area (Å²) in [4.78, 5) is 29.5. The number of nitrogens with zero attached hydrogens (tertiary/aromatic N) is 4. The number of ether oxygens (including phenoxy) is 1. The molecule has 0 aliphatic carbocycles. The third-order valence-electron chi connectivity index (χ3n) is 5.61. The smallest absolute Gasteiger partial charge is 0.254 e. The van der Waals surface area contributed by atoms with Gasteiger partial charge in [0.2, 0.25) is 0 Å². The molecule has 4 heterocycles. The molecule has 5 rings (SSSR count). The first kappa shape index (κ1) is 20.9. The highest BCUT2D eigenvalue weighted by Gasteiger charge is 2.17. The summed E-state index contributed by atoms with van der Waals surface area (Å²) >= 11 is 0. The van der Waals surface area contributed by atoms with Crippen LogP contribution in [0.3, 0.4) is 0 Å². The number of fused-ring (bicyclic) bond motifs is 2. The zero-order valence-electron chi connectivity index (χ0n) is 17.9. The van der Waals surface area contributed by atoms with Crippen molar-refractivity contribution < 1.29 is 13.9 Å². The van der Waals surface area contributed by atoms with Gasteiger partial charge in [-0.05, 0) is 18.1 Å². The fourth-order valence-corrected chi connectivity index (χ4v) is 3.95. The van der Waals surface area contributed by atoms with E-state index in [-0.39, 0.29) is 5.56 Å². The molecule has 166 valence electrons. The van der Waals surface area contributed by atoms with E-state index < -0.39 is 11.7 Å². The molecule has 0 unspecified atom stereocenters. The molecular weight excluding hydrogens is 423 g/mol. The van der Waals surface area contributed by atoms with Crippen molar-refractivity contribution >= 4 is 22.6 Å². The Morgan fingerprint density at radius 2 is 2.03 bits per heavy atom. The lowest BCUT2D eigenvalue weighted by atomic mass is 10.0. The van der Waals surface area contributed by atoms with Gasteiger partial charge in [-0.15, -0.1) is 0 Å². The van der Waals surface area contributed by atoms with E-state index in [1.807, 2.05) is 18.2 Å². The van der Waals surface area contributed by atoms with Crippen molar-refractivity contribution in [2.45, 2.75) is 19.6 Å². The maximum absolute atomic E-state index is 14.3. The molecule has 1 amide bonds. The molecule has 0 atom stereocenters. The number of halogens is 1. The number of amides is 1. The van der Waals surface area contributed by atoms with E-state index >= 15 is 0 Å². The van der Waals surface area contributed by atoms with Crippen molar-refractivity contribution in [2.75, 3.05) is 18.9 Å². The summed E-state index contributed by atoms with van der Waals surface area (Å²) in [6.07, 6.45) is 5.01. The summed E-state index contributed by atoms with van der Waals surface area (Å²) in [5, 5.41) is 6.28. The van der Waals surface area contributed by atoms with E-state index in [9.17, 15) is 9.18 Å².